The molecule has 4 nitrogen and oxygen atoms in total. The van der Waals surface area contributed by atoms with Gasteiger partial charge in [0.2, 0.25) is 11.8 Å². The predicted molar refractivity (Wildman–Crippen MR) is 98.2 cm³/mol. The molecule has 6 heteroatoms. The standard InChI is InChI=1S/C19H20BrFN2O2/c1-13(24)22-18(15-6-8-16(20)9-7-15)11-19(25)23(2)12-14-4-3-5-17(21)10-14/h3-10,18H,11-12H2,1-2H3,(H,22,24). The highest BCUT2D eigenvalue weighted by Crippen LogP contribution is 2.21. The van der Waals surface area contributed by atoms with Crippen LogP contribution >= 0.6 is 15.9 Å². The van der Waals surface area contributed by atoms with Gasteiger partial charge in [0.25, 0.3) is 0 Å². The number of halogens is 2. The van der Waals surface area contributed by atoms with E-state index in [0.29, 0.717) is 6.54 Å². The molecule has 0 saturated heterocycles. The number of nitrogens with zero attached hydrogens (tertiary/aromatic N) is 1. The third-order valence-corrected chi connectivity index (χ3v) is 4.29. The Morgan fingerprint density at radius 2 is 1.88 bits per heavy atom. The van der Waals surface area contributed by atoms with Crippen LogP contribution in [0.15, 0.2) is 53.0 Å². The van der Waals surface area contributed by atoms with Crippen LogP contribution in [0.25, 0.3) is 0 Å². The lowest BCUT2D eigenvalue weighted by Gasteiger charge is -2.23. The molecule has 25 heavy (non-hydrogen) atoms. The molecule has 0 spiro atoms. The van der Waals surface area contributed by atoms with E-state index < -0.39 is 6.04 Å². The van der Waals surface area contributed by atoms with Crippen molar-refractivity contribution in [1.29, 1.82) is 0 Å². The first kappa shape index (κ1) is 19.1. The van der Waals surface area contributed by atoms with Crippen molar-refractivity contribution in [3.05, 3.63) is 69.9 Å². The highest BCUT2D eigenvalue weighted by atomic mass is 79.9. The summed E-state index contributed by atoms with van der Waals surface area (Å²) in [4.78, 5) is 25.6. The molecule has 0 aliphatic heterocycles. The molecule has 2 aromatic carbocycles. The smallest absolute Gasteiger partial charge is 0.225 e. The Hall–Kier alpha value is -2.21. The van der Waals surface area contributed by atoms with E-state index in [9.17, 15) is 14.0 Å². The van der Waals surface area contributed by atoms with Crippen LogP contribution in [0, 0.1) is 5.82 Å². The van der Waals surface area contributed by atoms with E-state index in [4.69, 9.17) is 0 Å². The molecule has 1 atom stereocenters. The van der Waals surface area contributed by atoms with Crippen LogP contribution in [-0.2, 0) is 16.1 Å². The minimum atomic E-state index is -0.409. The molecule has 1 N–H and O–H groups in total. The quantitative estimate of drug-likeness (QED) is 0.792. The summed E-state index contributed by atoms with van der Waals surface area (Å²) in [7, 11) is 1.67. The summed E-state index contributed by atoms with van der Waals surface area (Å²) >= 11 is 3.37. The summed E-state index contributed by atoms with van der Waals surface area (Å²) in [6, 6.07) is 13.2. The molecule has 0 radical (unpaired) electrons. The molecule has 132 valence electrons. The fourth-order valence-corrected chi connectivity index (χ4v) is 2.78. The van der Waals surface area contributed by atoms with Crippen LogP contribution in [0.2, 0.25) is 0 Å². The minimum absolute atomic E-state index is 0.132. The van der Waals surface area contributed by atoms with Gasteiger partial charge in [-0.1, -0.05) is 40.2 Å². The van der Waals surface area contributed by atoms with E-state index in [0.717, 1.165) is 15.6 Å². The SMILES string of the molecule is CC(=O)NC(CC(=O)N(C)Cc1cccc(F)c1)c1ccc(Br)cc1. The van der Waals surface area contributed by atoms with Gasteiger partial charge in [-0.25, -0.2) is 4.39 Å². The average molecular weight is 407 g/mol. The largest absolute Gasteiger partial charge is 0.349 e. The predicted octanol–water partition coefficient (Wildman–Crippen LogP) is 3.81. The van der Waals surface area contributed by atoms with Gasteiger partial charge in [-0.2, -0.15) is 0 Å². The molecular formula is C19H20BrFN2O2. The molecule has 0 aliphatic rings. The second kappa shape index (κ2) is 8.76. The Balaban J connectivity index is 2.07. The highest BCUT2D eigenvalue weighted by molar-refractivity contribution is 9.10. The van der Waals surface area contributed by atoms with Crippen LogP contribution in [0.1, 0.15) is 30.5 Å². The van der Waals surface area contributed by atoms with Gasteiger partial charge < -0.3 is 10.2 Å². The molecule has 0 heterocycles. The average Bonchev–Trinajstić information content (AvgIpc) is 2.54. The van der Waals surface area contributed by atoms with Gasteiger partial charge >= 0.3 is 0 Å². The first-order chi connectivity index (χ1) is 11.8. The molecule has 2 rings (SSSR count). The molecular weight excluding hydrogens is 387 g/mol. The van der Waals surface area contributed by atoms with Crippen LogP contribution in [-0.4, -0.2) is 23.8 Å². The molecule has 0 aromatic heterocycles. The van der Waals surface area contributed by atoms with Crippen molar-refractivity contribution in [3.8, 4) is 0 Å². The third-order valence-electron chi connectivity index (χ3n) is 3.76. The Labute approximate surface area is 155 Å². The molecule has 2 amide bonds. The molecule has 0 fully saturated rings. The lowest BCUT2D eigenvalue weighted by molar-refractivity contribution is -0.131. The Bertz CT molecular complexity index is 749. The summed E-state index contributed by atoms with van der Waals surface area (Å²) in [5.74, 6) is -0.663. The summed E-state index contributed by atoms with van der Waals surface area (Å²) < 4.78 is 14.2. The van der Waals surface area contributed by atoms with Crippen molar-refractivity contribution in [2.75, 3.05) is 7.05 Å². The van der Waals surface area contributed by atoms with Crippen molar-refractivity contribution in [2.45, 2.75) is 25.9 Å². The maximum Gasteiger partial charge on any atom is 0.225 e. The topological polar surface area (TPSA) is 49.4 Å². The zero-order valence-electron chi connectivity index (χ0n) is 14.1. The third kappa shape index (κ3) is 5.98. The van der Waals surface area contributed by atoms with E-state index in [1.807, 2.05) is 24.3 Å². The second-order valence-electron chi connectivity index (χ2n) is 5.89. The van der Waals surface area contributed by atoms with E-state index in [1.54, 1.807) is 19.2 Å². The van der Waals surface area contributed by atoms with Crippen LogP contribution in [0.4, 0.5) is 4.39 Å². The van der Waals surface area contributed by atoms with Gasteiger partial charge in [0.15, 0.2) is 0 Å². The second-order valence-corrected chi connectivity index (χ2v) is 6.80. The van der Waals surface area contributed by atoms with Crippen molar-refractivity contribution in [3.63, 3.8) is 0 Å². The van der Waals surface area contributed by atoms with Crippen molar-refractivity contribution in [2.24, 2.45) is 0 Å². The van der Waals surface area contributed by atoms with Gasteiger partial charge in [0, 0.05) is 25.0 Å². The summed E-state index contributed by atoms with van der Waals surface area (Å²) in [6.07, 6.45) is 0.132. The Kier molecular flexibility index (Phi) is 6.70. The number of hydrogen-bond acceptors (Lipinski definition) is 2. The zero-order chi connectivity index (χ0) is 18.4. The monoisotopic (exact) mass is 406 g/mol. The van der Waals surface area contributed by atoms with Gasteiger partial charge in [-0.3, -0.25) is 9.59 Å². The summed E-state index contributed by atoms with van der Waals surface area (Å²) in [5, 5.41) is 2.81. The summed E-state index contributed by atoms with van der Waals surface area (Å²) in [5.41, 5.74) is 1.57. The van der Waals surface area contributed by atoms with Crippen LogP contribution in [0.5, 0.6) is 0 Å². The number of carbonyl (C=O) groups excluding carboxylic acids is 2. The molecule has 0 saturated carbocycles. The van der Waals surface area contributed by atoms with E-state index in [2.05, 4.69) is 21.2 Å². The van der Waals surface area contributed by atoms with Gasteiger partial charge in [-0.05, 0) is 35.4 Å². The highest BCUT2D eigenvalue weighted by Gasteiger charge is 2.19. The first-order valence-electron chi connectivity index (χ1n) is 7.86. The number of carbonyl (C=O) groups is 2. The minimum Gasteiger partial charge on any atom is -0.349 e. The Morgan fingerprint density at radius 3 is 2.48 bits per heavy atom. The molecule has 0 bridgehead atoms. The van der Waals surface area contributed by atoms with Crippen molar-refractivity contribution >= 4 is 27.7 Å². The van der Waals surface area contributed by atoms with Crippen molar-refractivity contribution < 1.29 is 14.0 Å². The van der Waals surface area contributed by atoms with Crippen molar-refractivity contribution in [1.82, 2.24) is 10.2 Å². The number of hydrogen-bond donors (Lipinski definition) is 1. The van der Waals surface area contributed by atoms with E-state index >= 15 is 0 Å². The maximum absolute atomic E-state index is 13.3. The first-order valence-corrected chi connectivity index (χ1v) is 8.65. The number of nitrogens with one attached hydrogen (secondary N) is 1. The van der Waals surface area contributed by atoms with Gasteiger partial charge in [0.05, 0.1) is 12.5 Å². The molecule has 1 unspecified atom stereocenters. The normalized spacial score (nSPS) is 11.7. The van der Waals surface area contributed by atoms with Crippen LogP contribution in [0.3, 0.4) is 0 Å². The van der Waals surface area contributed by atoms with Crippen LogP contribution < -0.4 is 5.32 Å². The number of rotatable bonds is 6. The fraction of sp³-hybridized carbons (Fsp3) is 0.263. The zero-order valence-corrected chi connectivity index (χ0v) is 15.7. The maximum atomic E-state index is 13.3. The lowest BCUT2D eigenvalue weighted by Crippen LogP contribution is -2.33. The molecule has 2 aromatic rings. The number of benzene rings is 2. The van der Waals surface area contributed by atoms with Gasteiger partial charge in [-0.15, -0.1) is 0 Å². The van der Waals surface area contributed by atoms with E-state index in [1.165, 1.54) is 24.0 Å². The van der Waals surface area contributed by atoms with Gasteiger partial charge in [0.1, 0.15) is 5.82 Å². The molecule has 0 aliphatic carbocycles. The number of amides is 2. The fourth-order valence-electron chi connectivity index (χ4n) is 2.52. The summed E-state index contributed by atoms with van der Waals surface area (Å²) in [6.45, 7) is 1.73. The lowest BCUT2D eigenvalue weighted by atomic mass is 10.0. The van der Waals surface area contributed by atoms with E-state index in [-0.39, 0.29) is 24.1 Å². The Morgan fingerprint density at radius 1 is 1.20 bits per heavy atom.